The minimum atomic E-state index is 0.540. The molecule has 1 N–H and O–H groups in total. The van der Waals surface area contributed by atoms with Crippen molar-refractivity contribution in [3.05, 3.63) is 41.8 Å². The quantitative estimate of drug-likeness (QED) is 0.767. The lowest BCUT2D eigenvalue weighted by Gasteiger charge is -1.99. The molecule has 0 aliphatic heterocycles. The topological polar surface area (TPSA) is 68.8 Å². The van der Waals surface area contributed by atoms with E-state index in [2.05, 4.69) is 32.7 Å². The Morgan fingerprint density at radius 3 is 3.05 bits per heavy atom. The van der Waals surface area contributed by atoms with E-state index in [-0.39, 0.29) is 0 Å². The van der Waals surface area contributed by atoms with E-state index < -0.39 is 0 Å². The largest absolute Gasteiger partial charge is 0.337 e. The predicted molar refractivity (Wildman–Crippen MR) is 70.6 cm³/mol. The second kappa shape index (κ2) is 4.81. The normalized spacial score (nSPS) is 11.3. The smallest absolute Gasteiger partial charge is 0.246 e. The van der Waals surface area contributed by atoms with Crippen molar-refractivity contribution in [2.75, 3.05) is 7.05 Å². The highest BCUT2D eigenvalue weighted by Gasteiger charge is 2.11. The molecular formula is C13H15N5O. The van der Waals surface area contributed by atoms with Gasteiger partial charge in [0.15, 0.2) is 5.82 Å². The van der Waals surface area contributed by atoms with Crippen molar-refractivity contribution in [2.45, 2.75) is 20.0 Å². The first-order valence-corrected chi connectivity index (χ1v) is 6.14. The van der Waals surface area contributed by atoms with Crippen molar-refractivity contribution in [1.82, 2.24) is 25.0 Å². The fraction of sp³-hybridized carbons (Fsp3) is 0.308. The van der Waals surface area contributed by atoms with E-state index in [0.717, 1.165) is 17.6 Å². The molecule has 0 spiro atoms. The van der Waals surface area contributed by atoms with Crippen LogP contribution in [0.25, 0.3) is 11.0 Å². The third kappa shape index (κ3) is 2.22. The number of aryl methyl sites for hydroxylation is 1. The summed E-state index contributed by atoms with van der Waals surface area (Å²) in [6.07, 6.45) is 3.87. The van der Waals surface area contributed by atoms with Crippen LogP contribution in [0.4, 0.5) is 0 Å². The Labute approximate surface area is 110 Å². The fourth-order valence-electron chi connectivity index (χ4n) is 2.20. The van der Waals surface area contributed by atoms with Gasteiger partial charge in [-0.25, -0.2) is 4.98 Å². The van der Waals surface area contributed by atoms with Gasteiger partial charge in [0.2, 0.25) is 5.89 Å². The summed E-state index contributed by atoms with van der Waals surface area (Å²) in [5.74, 6) is 1.24. The van der Waals surface area contributed by atoms with Crippen molar-refractivity contribution in [3.63, 3.8) is 0 Å². The molecule has 0 bridgehead atoms. The lowest BCUT2D eigenvalue weighted by atomic mass is 10.2. The highest BCUT2D eigenvalue weighted by molar-refractivity contribution is 5.80. The maximum Gasteiger partial charge on any atom is 0.246 e. The average molecular weight is 257 g/mol. The van der Waals surface area contributed by atoms with Gasteiger partial charge in [0.1, 0.15) is 12.2 Å². The molecule has 0 unspecified atom stereocenters. The van der Waals surface area contributed by atoms with Gasteiger partial charge in [-0.15, -0.1) is 0 Å². The lowest BCUT2D eigenvalue weighted by Crippen LogP contribution is -2.04. The molecule has 98 valence electrons. The molecule has 0 aromatic carbocycles. The Bertz CT molecular complexity index is 700. The number of rotatable bonds is 4. The maximum atomic E-state index is 5.16. The second-order valence-electron chi connectivity index (χ2n) is 4.42. The molecular weight excluding hydrogens is 242 g/mol. The standard InChI is InChI=1S/C13H15N5O/c1-9-16-12(19-17-9)8-18-7-10(6-14-2)11-4-3-5-15-13(11)18/h3-5,7,14H,6,8H2,1-2H3. The molecule has 6 heteroatoms. The Hall–Kier alpha value is -2.21. The number of nitrogens with zero attached hydrogens (tertiary/aromatic N) is 4. The zero-order chi connectivity index (χ0) is 13.2. The monoisotopic (exact) mass is 257 g/mol. The molecule has 6 nitrogen and oxygen atoms in total. The van der Waals surface area contributed by atoms with Crippen LogP contribution < -0.4 is 5.32 Å². The molecule has 0 aliphatic carbocycles. The van der Waals surface area contributed by atoms with Crippen LogP contribution in [0.1, 0.15) is 17.3 Å². The number of aromatic nitrogens is 4. The van der Waals surface area contributed by atoms with Crippen LogP contribution in [0.5, 0.6) is 0 Å². The Balaban J connectivity index is 2.03. The summed E-state index contributed by atoms with van der Waals surface area (Å²) in [4.78, 5) is 8.66. The van der Waals surface area contributed by atoms with Gasteiger partial charge in [-0.1, -0.05) is 5.16 Å². The molecule has 3 heterocycles. The molecule has 0 radical (unpaired) electrons. The second-order valence-corrected chi connectivity index (χ2v) is 4.42. The van der Waals surface area contributed by atoms with E-state index in [4.69, 9.17) is 4.52 Å². The summed E-state index contributed by atoms with van der Waals surface area (Å²) in [7, 11) is 1.93. The van der Waals surface area contributed by atoms with Crippen molar-refractivity contribution >= 4 is 11.0 Å². The van der Waals surface area contributed by atoms with E-state index >= 15 is 0 Å². The molecule has 0 saturated heterocycles. The number of hydrogen-bond acceptors (Lipinski definition) is 5. The van der Waals surface area contributed by atoms with Crippen LogP contribution in [0.3, 0.4) is 0 Å². The average Bonchev–Trinajstić information content (AvgIpc) is 2.97. The van der Waals surface area contributed by atoms with Gasteiger partial charge in [0.05, 0.1) is 0 Å². The Kier molecular flexibility index (Phi) is 3.00. The molecule has 3 rings (SSSR count). The zero-order valence-electron chi connectivity index (χ0n) is 10.9. The molecule has 0 fully saturated rings. The zero-order valence-corrected chi connectivity index (χ0v) is 10.9. The fourth-order valence-corrected chi connectivity index (χ4v) is 2.20. The minimum absolute atomic E-state index is 0.540. The molecule has 0 amide bonds. The summed E-state index contributed by atoms with van der Waals surface area (Å²) in [6, 6.07) is 4.02. The van der Waals surface area contributed by atoms with Crippen LogP contribution in [-0.4, -0.2) is 26.7 Å². The highest BCUT2D eigenvalue weighted by atomic mass is 16.5. The lowest BCUT2D eigenvalue weighted by molar-refractivity contribution is 0.369. The van der Waals surface area contributed by atoms with Crippen molar-refractivity contribution < 1.29 is 4.52 Å². The van der Waals surface area contributed by atoms with E-state index in [0.29, 0.717) is 18.3 Å². The molecule has 19 heavy (non-hydrogen) atoms. The van der Waals surface area contributed by atoms with Crippen molar-refractivity contribution in [1.29, 1.82) is 0 Å². The minimum Gasteiger partial charge on any atom is -0.337 e. The summed E-state index contributed by atoms with van der Waals surface area (Å²) in [6.45, 7) is 3.15. The molecule has 3 aromatic heterocycles. The van der Waals surface area contributed by atoms with Gasteiger partial charge < -0.3 is 14.4 Å². The Morgan fingerprint density at radius 1 is 1.42 bits per heavy atom. The first kappa shape index (κ1) is 11.9. The SMILES string of the molecule is CNCc1cn(Cc2nc(C)no2)c2ncccc12. The number of nitrogens with one attached hydrogen (secondary N) is 1. The van der Waals surface area contributed by atoms with Gasteiger partial charge >= 0.3 is 0 Å². The summed E-state index contributed by atoms with van der Waals surface area (Å²) >= 11 is 0. The highest BCUT2D eigenvalue weighted by Crippen LogP contribution is 2.20. The molecule has 3 aromatic rings. The third-order valence-corrected chi connectivity index (χ3v) is 2.96. The van der Waals surface area contributed by atoms with Gasteiger partial charge in [0.25, 0.3) is 0 Å². The van der Waals surface area contributed by atoms with Gasteiger partial charge in [-0.2, -0.15) is 4.98 Å². The van der Waals surface area contributed by atoms with E-state index in [1.54, 1.807) is 6.20 Å². The molecule has 0 saturated carbocycles. The summed E-state index contributed by atoms with van der Waals surface area (Å²) < 4.78 is 7.20. The van der Waals surface area contributed by atoms with Crippen LogP contribution in [-0.2, 0) is 13.1 Å². The van der Waals surface area contributed by atoms with Gasteiger partial charge in [0, 0.05) is 24.3 Å². The van der Waals surface area contributed by atoms with Crippen LogP contribution in [0, 0.1) is 6.92 Å². The van der Waals surface area contributed by atoms with Crippen molar-refractivity contribution in [2.24, 2.45) is 0 Å². The Morgan fingerprint density at radius 2 is 2.32 bits per heavy atom. The van der Waals surface area contributed by atoms with Crippen molar-refractivity contribution in [3.8, 4) is 0 Å². The number of fused-ring (bicyclic) bond motifs is 1. The van der Waals surface area contributed by atoms with Gasteiger partial charge in [-0.3, -0.25) is 0 Å². The molecule has 0 atom stereocenters. The summed E-state index contributed by atoms with van der Waals surface area (Å²) in [5.41, 5.74) is 2.14. The predicted octanol–water partition coefficient (Wildman–Crippen LogP) is 1.50. The first-order chi connectivity index (χ1) is 9.28. The van der Waals surface area contributed by atoms with Crippen LogP contribution in [0.2, 0.25) is 0 Å². The third-order valence-electron chi connectivity index (χ3n) is 2.96. The molecule has 0 aliphatic rings. The summed E-state index contributed by atoms with van der Waals surface area (Å²) in [5, 5.41) is 8.12. The van der Waals surface area contributed by atoms with E-state index in [9.17, 15) is 0 Å². The first-order valence-electron chi connectivity index (χ1n) is 6.14. The van der Waals surface area contributed by atoms with E-state index in [1.165, 1.54) is 5.56 Å². The maximum absolute atomic E-state index is 5.16. The number of hydrogen-bond donors (Lipinski definition) is 1. The van der Waals surface area contributed by atoms with Gasteiger partial charge in [-0.05, 0) is 31.7 Å². The van der Waals surface area contributed by atoms with Crippen LogP contribution in [0.15, 0.2) is 29.0 Å². The van der Waals surface area contributed by atoms with E-state index in [1.807, 2.05) is 24.6 Å². The number of pyridine rings is 1. The van der Waals surface area contributed by atoms with Crippen LogP contribution >= 0.6 is 0 Å².